The third kappa shape index (κ3) is 3.74. The molecule has 0 N–H and O–H groups in total. The summed E-state index contributed by atoms with van der Waals surface area (Å²) < 4.78 is 5.27. The van der Waals surface area contributed by atoms with Crippen molar-refractivity contribution in [3.8, 4) is 17.1 Å². The number of tetrazole rings is 1. The highest BCUT2D eigenvalue weighted by atomic mass is 16.5. The maximum absolute atomic E-state index is 13.3. The van der Waals surface area contributed by atoms with Gasteiger partial charge in [-0.15, -0.1) is 15.0 Å². The lowest BCUT2D eigenvalue weighted by atomic mass is 10.0. The molecule has 0 bridgehead atoms. The van der Waals surface area contributed by atoms with Gasteiger partial charge in [0.15, 0.2) is 6.04 Å². The Morgan fingerprint density at radius 2 is 1.82 bits per heavy atom. The van der Waals surface area contributed by atoms with Crippen molar-refractivity contribution >= 4 is 5.91 Å². The monoisotopic (exact) mass is 377 g/mol. The van der Waals surface area contributed by atoms with Gasteiger partial charge >= 0.3 is 0 Å². The second-order valence-electron chi connectivity index (χ2n) is 6.86. The summed E-state index contributed by atoms with van der Waals surface area (Å²) >= 11 is 0. The van der Waals surface area contributed by atoms with Crippen molar-refractivity contribution in [2.75, 3.05) is 20.2 Å². The topological polar surface area (TPSA) is 73.1 Å². The van der Waals surface area contributed by atoms with E-state index in [1.165, 1.54) is 11.2 Å². The van der Waals surface area contributed by atoms with E-state index in [-0.39, 0.29) is 5.91 Å². The van der Waals surface area contributed by atoms with E-state index < -0.39 is 6.04 Å². The third-order valence-electron chi connectivity index (χ3n) is 5.00. The number of carbonyl (C=O) groups excluding carboxylic acids is 1. The van der Waals surface area contributed by atoms with Gasteiger partial charge in [0.2, 0.25) is 5.82 Å². The summed E-state index contributed by atoms with van der Waals surface area (Å²) in [5, 5.41) is 13.0. The molecule has 7 heteroatoms. The second-order valence-corrected chi connectivity index (χ2v) is 6.86. The van der Waals surface area contributed by atoms with Crippen LogP contribution in [-0.2, 0) is 4.79 Å². The normalized spacial score (nSPS) is 15.2. The molecule has 4 rings (SSSR count). The number of carbonyl (C=O) groups is 1. The first-order valence-electron chi connectivity index (χ1n) is 9.54. The van der Waals surface area contributed by atoms with Crippen molar-refractivity contribution in [1.29, 1.82) is 0 Å². The van der Waals surface area contributed by atoms with Gasteiger partial charge in [-0.1, -0.05) is 42.5 Å². The van der Waals surface area contributed by atoms with Gasteiger partial charge in [-0.05, 0) is 42.2 Å². The van der Waals surface area contributed by atoms with E-state index in [2.05, 4.69) is 15.4 Å². The van der Waals surface area contributed by atoms with Gasteiger partial charge in [-0.25, -0.2) is 0 Å². The molecule has 1 amide bonds. The maximum Gasteiger partial charge on any atom is 0.254 e. The first kappa shape index (κ1) is 18.2. The van der Waals surface area contributed by atoms with Gasteiger partial charge in [0.1, 0.15) is 5.75 Å². The van der Waals surface area contributed by atoms with Crippen LogP contribution in [0.25, 0.3) is 11.4 Å². The van der Waals surface area contributed by atoms with E-state index in [1.54, 1.807) is 7.11 Å². The molecule has 144 valence electrons. The van der Waals surface area contributed by atoms with Crippen LogP contribution in [0.5, 0.6) is 5.75 Å². The summed E-state index contributed by atoms with van der Waals surface area (Å²) in [5.74, 6) is 1.20. The number of hydrogen-bond donors (Lipinski definition) is 0. The predicted molar refractivity (Wildman–Crippen MR) is 105 cm³/mol. The van der Waals surface area contributed by atoms with Crippen molar-refractivity contribution in [2.24, 2.45) is 0 Å². The summed E-state index contributed by atoms with van der Waals surface area (Å²) in [6.07, 6.45) is 3.24. The lowest BCUT2D eigenvalue weighted by Gasteiger charge is -2.30. The van der Waals surface area contributed by atoms with Gasteiger partial charge in [0.05, 0.1) is 7.11 Å². The molecule has 1 aliphatic heterocycles. The quantitative estimate of drug-likeness (QED) is 0.683. The molecule has 0 saturated carbocycles. The number of hydrogen-bond acceptors (Lipinski definition) is 5. The Hall–Kier alpha value is -3.22. The first-order chi connectivity index (χ1) is 13.8. The summed E-state index contributed by atoms with van der Waals surface area (Å²) in [7, 11) is 1.62. The zero-order valence-corrected chi connectivity index (χ0v) is 15.9. The fourth-order valence-corrected chi connectivity index (χ4v) is 3.51. The minimum atomic E-state index is -0.619. The molecular formula is C21H23N5O2. The molecule has 0 radical (unpaired) electrons. The largest absolute Gasteiger partial charge is 0.497 e. The number of aromatic nitrogens is 4. The third-order valence-corrected chi connectivity index (χ3v) is 5.00. The smallest absolute Gasteiger partial charge is 0.254 e. The number of likely N-dealkylation sites (tertiary alicyclic amines) is 1. The highest BCUT2D eigenvalue weighted by molar-refractivity contribution is 5.83. The average Bonchev–Trinajstić information content (AvgIpc) is 3.25. The van der Waals surface area contributed by atoms with Crippen LogP contribution in [0.3, 0.4) is 0 Å². The Morgan fingerprint density at radius 3 is 2.57 bits per heavy atom. The van der Waals surface area contributed by atoms with Crippen molar-refractivity contribution in [3.63, 3.8) is 0 Å². The van der Waals surface area contributed by atoms with Crippen LogP contribution in [0.1, 0.15) is 30.9 Å². The Balaban J connectivity index is 1.69. The molecule has 7 nitrogen and oxygen atoms in total. The number of methoxy groups -OCH3 is 1. The minimum absolute atomic E-state index is 0.0143. The van der Waals surface area contributed by atoms with Gasteiger partial charge in [0.25, 0.3) is 5.91 Å². The standard InChI is InChI=1S/C21H23N5O2/c1-28-18-12-8-11-17(15-18)20-22-24-26(23-20)19(16-9-4-2-5-10-16)21(27)25-13-6-3-7-14-25/h2,4-5,8-12,15,19H,3,6-7,13-14H2,1H3. The molecule has 1 aliphatic rings. The lowest BCUT2D eigenvalue weighted by Crippen LogP contribution is -2.41. The highest BCUT2D eigenvalue weighted by Crippen LogP contribution is 2.24. The summed E-state index contributed by atoms with van der Waals surface area (Å²) in [4.78, 5) is 16.7. The Kier molecular flexibility index (Phi) is 5.32. The lowest BCUT2D eigenvalue weighted by molar-refractivity contribution is -0.135. The van der Waals surface area contributed by atoms with Gasteiger partial charge < -0.3 is 9.64 Å². The molecular weight excluding hydrogens is 354 g/mol. The van der Waals surface area contributed by atoms with Crippen LogP contribution in [0.15, 0.2) is 54.6 Å². The molecule has 28 heavy (non-hydrogen) atoms. The number of amides is 1. The number of rotatable bonds is 5. The predicted octanol–water partition coefficient (Wildman–Crippen LogP) is 2.95. The van der Waals surface area contributed by atoms with Crippen LogP contribution in [0.4, 0.5) is 0 Å². The number of benzene rings is 2. The zero-order chi connectivity index (χ0) is 19.3. The van der Waals surface area contributed by atoms with Crippen LogP contribution < -0.4 is 4.74 Å². The van der Waals surface area contributed by atoms with Gasteiger partial charge in [0, 0.05) is 18.7 Å². The Bertz CT molecular complexity index is 935. The minimum Gasteiger partial charge on any atom is -0.497 e. The molecule has 1 aromatic heterocycles. The molecule has 1 atom stereocenters. The van der Waals surface area contributed by atoms with E-state index in [0.29, 0.717) is 5.82 Å². The molecule has 0 aliphatic carbocycles. The average molecular weight is 377 g/mol. The molecule has 2 aromatic carbocycles. The fraction of sp³-hybridized carbons (Fsp3) is 0.333. The molecule has 1 saturated heterocycles. The van der Waals surface area contributed by atoms with Crippen LogP contribution >= 0.6 is 0 Å². The molecule has 2 heterocycles. The fourth-order valence-electron chi connectivity index (χ4n) is 3.51. The van der Waals surface area contributed by atoms with E-state index >= 15 is 0 Å². The van der Waals surface area contributed by atoms with Gasteiger partial charge in [-0.3, -0.25) is 4.79 Å². The van der Waals surface area contributed by atoms with Crippen LogP contribution in [0.2, 0.25) is 0 Å². The number of nitrogens with zero attached hydrogens (tertiary/aromatic N) is 5. The summed E-state index contributed by atoms with van der Waals surface area (Å²) in [5.41, 5.74) is 1.65. The van der Waals surface area contributed by atoms with Crippen molar-refractivity contribution in [3.05, 3.63) is 60.2 Å². The van der Waals surface area contributed by atoms with E-state index in [1.807, 2.05) is 59.5 Å². The first-order valence-corrected chi connectivity index (χ1v) is 9.54. The zero-order valence-electron chi connectivity index (χ0n) is 15.9. The molecule has 3 aromatic rings. The SMILES string of the molecule is COc1cccc(-c2nnn(C(C(=O)N3CCCCC3)c3ccccc3)n2)c1. The van der Waals surface area contributed by atoms with Crippen LogP contribution in [0, 0.1) is 0 Å². The highest BCUT2D eigenvalue weighted by Gasteiger charge is 2.30. The summed E-state index contributed by atoms with van der Waals surface area (Å²) in [6, 6.07) is 16.5. The molecule has 0 spiro atoms. The van der Waals surface area contributed by atoms with E-state index in [0.717, 1.165) is 42.8 Å². The summed E-state index contributed by atoms with van der Waals surface area (Å²) in [6.45, 7) is 1.55. The van der Waals surface area contributed by atoms with Crippen molar-refractivity contribution < 1.29 is 9.53 Å². The molecule has 1 fully saturated rings. The Labute approximate surface area is 163 Å². The van der Waals surface area contributed by atoms with E-state index in [9.17, 15) is 4.79 Å². The van der Waals surface area contributed by atoms with Crippen LogP contribution in [-0.4, -0.2) is 51.2 Å². The van der Waals surface area contributed by atoms with Gasteiger partial charge in [-0.2, -0.15) is 0 Å². The molecule has 1 unspecified atom stereocenters. The number of ether oxygens (including phenoxy) is 1. The number of piperidine rings is 1. The van der Waals surface area contributed by atoms with Crippen molar-refractivity contribution in [2.45, 2.75) is 25.3 Å². The maximum atomic E-state index is 13.3. The second kappa shape index (κ2) is 8.21. The Morgan fingerprint density at radius 1 is 1.04 bits per heavy atom. The van der Waals surface area contributed by atoms with E-state index in [4.69, 9.17) is 4.74 Å². The van der Waals surface area contributed by atoms with Crippen molar-refractivity contribution in [1.82, 2.24) is 25.1 Å².